The first-order chi connectivity index (χ1) is 12.0. The predicted molar refractivity (Wildman–Crippen MR) is 97.6 cm³/mol. The molecule has 2 N–H and O–H groups in total. The lowest BCUT2D eigenvalue weighted by atomic mass is 10.1. The summed E-state index contributed by atoms with van der Waals surface area (Å²) in [5.74, 6) is 0.0750. The van der Waals surface area contributed by atoms with Gasteiger partial charge in [0.25, 0.3) is 5.91 Å². The number of nitriles is 1. The van der Waals surface area contributed by atoms with E-state index >= 15 is 0 Å². The highest BCUT2D eigenvalue weighted by Gasteiger charge is 2.14. The number of carbonyl (C=O) groups excluding carboxylic acids is 1. The van der Waals surface area contributed by atoms with Gasteiger partial charge in [-0.3, -0.25) is 4.79 Å². The second kappa shape index (κ2) is 8.22. The van der Waals surface area contributed by atoms with Gasteiger partial charge in [-0.1, -0.05) is 28.1 Å². The molecule has 2 rings (SSSR count). The Labute approximate surface area is 153 Å². The summed E-state index contributed by atoms with van der Waals surface area (Å²) in [5, 5.41) is 21.8. The van der Waals surface area contributed by atoms with Crippen LogP contribution < -0.4 is 14.8 Å². The molecule has 0 heterocycles. The van der Waals surface area contributed by atoms with E-state index in [1.54, 1.807) is 30.3 Å². The van der Waals surface area contributed by atoms with Crippen LogP contribution in [0.2, 0.25) is 0 Å². The van der Waals surface area contributed by atoms with Gasteiger partial charge in [-0.05, 0) is 35.9 Å². The molecule has 128 valence electrons. The lowest BCUT2D eigenvalue weighted by Gasteiger charge is -2.10. The van der Waals surface area contributed by atoms with Crippen molar-refractivity contribution in [2.75, 3.05) is 19.5 Å². The minimum atomic E-state index is -0.589. The molecule has 7 heteroatoms. The molecular weight excluding hydrogens is 388 g/mol. The number of benzene rings is 2. The third-order valence-corrected chi connectivity index (χ3v) is 4.01. The highest BCUT2D eigenvalue weighted by atomic mass is 79.9. The monoisotopic (exact) mass is 402 g/mol. The summed E-state index contributed by atoms with van der Waals surface area (Å²) in [4.78, 5) is 12.4. The lowest BCUT2D eigenvalue weighted by molar-refractivity contribution is -0.112. The Morgan fingerprint density at radius 3 is 2.56 bits per heavy atom. The molecular formula is C18H15BrN2O4. The standard InChI is InChI=1S/C18H15BrN2O4/c1-24-16-6-4-3-5-14(16)21-18(23)12(10-20)7-11-8-15(22)17(25-2)9-13(11)19/h3-9,22H,1-2H3,(H,21,23)/b12-7+. The quantitative estimate of drug-likeness (QED) is 0.587. The summed E-state index contributed by atoms with van der Waals surface area (Å²) in [6, 6.07) is 11.7. The molecule has 0 radical (unpaired) electrons. The third-order valence-electron chi connectivity index (χ3n) is 3.32. The van der Waals surface area contributed by atoms with Crippen LogP contribution in [0.4, 0.5) is 5.69 Å². The van der Waals surface area contributed by atoms with E-state index in [0.717, 1.165) is 0 Å². The molecule has 0 spiro atoms. The highest BCUT2D eigenvalue weighted by Crippen LogP contribution is 2.33. The van der Waals surface area contributed by atoms with Gasteiger partial charge in [0, 0.05) is 4.47 Å². The zero-order valence-corrected chi connectivity index (χ0v) is 15.1. The number of phenols is 1. The summed E-state index contributed by atoms with van der Waals surface area (Å²) in [6.07, 6.45) is 1.37. The maximum absolute atomic E-state index is 12.4. The second-order valence-electron chi connectivity index (χ2n) is 4.87. The van der Waals surface area contributed by atoms with Crippen LogP contribution in [0.25, 0.3) is 6.08 Å². The van der Waals surface area contributed by atoms with Gasteiger partial charge < -0.3 is 19.9 Å². The molecule has 2 aromatic rings. The van der Waals surface area contributed by atoms with E-state index < -0.39 is 5.91 Å². The number of carbonyl (C=O) groups is 1. The average Bonchev–Trinajstić information content (AvgIpc) is 2.62. The number of nitrogens with zero attached hydrogens (tertiary/aromatic N) is 1. The first-order valence-corrected chi connectivity index (χ1v) is 7.92. The molecule has 0 aliphatic heterocycles. The van der Waals surface area contributed by atoms with Crippen molar-refractivity contribution in [3.63, 3.8) is 0 Å². The summed E-state index contributed by atoms with van der Waals surface area (Å²) in [7, 11) is 2.92. The van der Waals surface area contributed by atoms with Gasteiger partial charge in [0.05, 0.1) is 19.9 Å². The van der Waals surface area contributed by atoms with E-state index in [1.807, 2.05) is 6.07 Å². The fourth-order valence-electron chi connectivity index (χ4n) is 2.08. The Kier molecular flexibility index (Phi) is 6.03. The topological polar surface area (TPSA) is 91.6 Å². The molecule has 0 saturated heterocycles. The fraction of sp³-hybridized carbons (Fsp3) is 0.111. The molecule has 0 aromatic heterocycles. The predicted octanol–water partition coefficient (Wildman–Crippen LogP) is 3.72. The van der Waals surface area contributed by atoms with Gasteiger partial charge in [-0.2, -0.15) is 5.26 Å². The largest absolute Gasteiger partial charge is 0.504 e. The Morgan fingerprint density at radius 2 is 1.92 bits per heavy atom. The Hall–Kier alpha value is -2.98. The van der Waals surface area contributed by atoms with Crippen LogP contribution >= 0.6 is 15.9 Å². The SMILES string of the molecule is COc1cc(Br)c(/C=C(\C#N)C(=O)Nc2ccccc2OC)cc1O. The lowest BCUT2D eigenvalue weighted by Crippen LogP contribution is -2.14. The van der Waals surface area contributed by atoms with E-state index in [1.165, 1.54) is 26.4 Å². The van der Waals surface area contributed by atoms with Crippen molar-refractivity contribution in [3.05, 3.63) is 52.0 Å². The molecule has 0 bridgehead atoms. The van der Waals surface area contributed by atoms with Crippen LogP contribution in [0.3, 0.4) is 0 Å². The van der Waals surface area contributed by atoms with E-state index in [-0.39, 0.29) is 17.1 Å². The number of ether oxygens (including phenoxy) is 2. The number of aromatic hydroxyl groups is 1. The molecule has 0 aliphatic carbocycles. The van der Waals surface area contributed by atoms with Crippen LogP contribution in [0.5, 0.6) is 17.2 Å². The van der Waals surface area contributed by atoms with Crippen LogP contribution in [0.15, 0.2) is 46.4 Å². The zero-order chi connectivity index (χ0) is 18.4. The second-order valence-corrected chi connectivity index (χ2v) is 5.72. The van der Waals surface area contributed by atoms with Gasteiger partial charge in [-0.15, -0.1) is 0 Å². The number of rotatable bonds is 5. The molecule has 0 aliphatic rings. The van der Waals surface area contributed by atoms with Crippen molar-refractivity contribution in [3.8, 4) is 23.3 Å². The molecule has 25 heavy (non-hydrogen) atoms. The number of para-hydroxylation sites is 2. The van der Waals surface area contributed by atoms with Crippen LogP contribution in [-0.4, -0.2) is 25.2 Å². The number of halogens is 1. The normalized spacial score (nSPS) is 10.7. The van der Waals surface area contributed by atoms with Gasteiger partial charge in [0.1, 0.15) is 17.4 Å². The molecule has 6 nitrogen and oxygen atoms in total. The van der Waals surface area contributed by atoms with Gasteiger partial charge in [0.15, 0.2) is 11.5 Å². The maximum Gasteiger partial charge on any atom is 0.266 e. The molecule has 1 amide bonds. The fourth-order valence-corrected chi connectivity index (χ4v) is 2.51. The summed E-state index contributed by atoms with van der Waals surface area (Å²) in [5.41, 5.74) is 0.786. The van der Waals surface area contributed by atoms with Crippen LogP contribution in [-0.2, 0) is 4.79 Å². The number of methoxy groups -OCH3 is 2. The van der Waals surface area contributed by atoms with Crippen LogP contribution in [0.1, 0.15) is 5.56 Å². The average molecular weight is 403 g/mol. The van der Waals surface area contributed by atoms with Crippen molar-refractivity contribution in [1.29, 1.82) is 5.26 Å². The highest BCUT2D eigenvalue weighted by molar-refractivity contribution is 9.10. The van der Waals surface area contributed by atoms with Gasteiger partial charge in [-0.25, -0.2) is 0 Å². The number of hydrogen-bond donors (Lipinski definition) is 2. The van der Waals surface area contributed by atoms with Gasteiger partial charge in [0.2, 0.25) is 0 Å². The minimum absolute atomic E-state index is 0.0978. The number of hydrogen-bond acceptors (Lipinski definition) is 5. The molecule has 0 atom stereocenters. The molecule has 0 saturated carbocycles. The van der Waals surface area contributed by atoms with Crippen molar-refractivity contribution in [1.82, 2.24) is 0 Å². The van der Waals surface area contributed by atoms with E-state index in [0.29, 0.717) is 21.5 Å². The number of nitrogens with one attached hydrogen (secondary N) is 1. The first-order valence-electron chi connectivity index (χ1n) is 7.12. The zero-order valence-electron chi connectivity index (χ0n) is 13.5. The summed E-state index contributed by atoms with van der Waals surface area (Å²) in [6.45, 7) is 0. The van der Waals surface area contributed by atoms with Crippen molar-refractivity contribution >= 4 is 33.6 Å². The number of phenolic OH excluding ortho intramolecular Hbond substituents is 1. The Bertz CT molecular complexity index is 872. The first kappa shape index (κ1) is 18.4. The van der Waals surface area contributed by atoms with Crippen molar-refractivity contribution in [2.24, 2.45) is 0 Å². The molecule has 2 aromatic carbocycles. The Morgan fingerprint density at radius 1 is 1.24 bits per heavy atom. The van der Waals surface area contributed by atoms with Gasteiger partial charge >= 0.3 is 0 Å². The third kappa shape index (κ3) is 4.31. The summed E-state index contributed by atoms with van der Waals surface area (Å²) >= 11 is 3.32. The van der Waals surface area contributed by atoms with Crippen molar-refractivity contribution < 1.29 is 19.4 Å². The van der Waals surface area contributed by atoms with E-state index in [2.05, 4.69) is 21.2 Å². The summed E-state index contributed by atoms with van der Waals surface area (Å²) < 4.78 is 10.7. The number of amides is 1. The van der Waals surface area contributed by atoms with E-state index in [4.69, 9.17) is 9.47 Å². The Balaban J connectivity index is 2.33. The van der Waals surface area contributed by atoms with E-state index in [9.17, 15) is 15.2 Å². The molecule has 0 fully saturated rings. The minimum Gasteiger partial charge on any atom is -0.504 e. The molecule has 0 unspecified atom stereocenters. The van der Waals surface area contributed by atoms with Crippen molar-refractivity contribution in [2.45, 2.75) is 0 Å². The maximum atomic E-state index is 12.4. The smallest absolute Gasteiger partial charge is 0.266 e. The number of anilines is 1. The van der Waals surface area contributed by atoms with Crippen LogP contribution in [0, 0.1) is 11.3 Å².